The van der Waals surface area contributed by atoms with Crippen LogP contribution in [0.1, 0.15) is 55.7 Å². The SMILES string of the molecule is Cc1cccc(S(=O)(=O)NC(CCCCCCC(=O)O)c2ccccc2)c1. The number of benzene rings is 2. The molecule has 2 rings (SSSR count). The van der Waals surface area contributed by atoms with Crippen LogP contribution in [0.25, 0.3) is 0 Å². The molecule has 27 heavy (non-hydrogen) atoms. The first-order valence-electron chi connectivity index (χ1n) is 9.24. The Balaban J connectivity index is 2.03. The number of rotatable bonds is 11. The molecule has 0 saturated carbocycles. The third-order valence-corrected chi connectivity index (χ3v) is 5.90. The molecule has 0 spiro atoms. The van der Waals surface area contributed by atoms with Crippen LogP contribution >= 0.6 is 0 Å². The van der Waals surface area contributed by atoms with Crippen LogP contribution in [-0.2, 0) is 14.8 Å². The molecule has 2 aromatic rings. The highest BCUT2D eigenvalue weighted by molar-refractivity contribution is 7.89. The lowest BCUT2D eigenvalue weighted by Gasteiger charge is -2.19. The van der Waals surface area contributed by atoms with Gasteiger partial charge in [-0.1, -0.05) is 61.7 Å². The van der Waals surface area contributed by atoms with E-state index in [4.69, 9.17) is 5.11 Å². The minimum absolute atomic E-state index is 0.183. The predicted molar refractivity (Wildman–Crippen MR) is 106 cm³/mol. The summed E-state index contributed by atoms with van der Waals surface area (Å²) in [5.74, 6) is -0.775. The van der Waals surface area contributed by atoms with E-state index < -0.39 is 16.0 Å². The molecule has 5 nitrogen and oxygen atoms in total. The molecule has 0 amide bonds. The van der Waals surface area contributed by atoms with Crippen molar-refractivity contribution in [1.82, 2.24) is 4.72 Å². The van der Waals surface area contributed by atoms with E-state index in [2.05, 4.69) is 4.72 Å². The summed E-state index contributed by atoms with van der Waals surface area (Å²) < 4.78 is 28.4. The van der Waals surface area contributed by atoms with E-state index in [0.717, 1.165) is 30.4 Å². The van der Waals surface area contributed by atoms with Gasteiger partial charge in [-0.05, 0) is 43.0 Å². The molecule has 0 heterocycles. The molecular formula is C21H27NO4S. The number of hydrogen-bond acceptors (Lipinski definition) is 3. The lowest BCUT2D eigenvalue weighted by Crippen LogP contribution is -2.28. The Hall–Kier alpha value is -2.18. The van der Waals surface area contributed by atoms with Crippen molar-refractivity contribution in [3.05, 3.63) is 65.7 Å². The van der Waals surface area contributed by atoms with Gasteiger partial charge in [0.15, 0.2) is 0 Å². The van der Waals surface area contributed by atoms with Gasteiger partial charge in [0, 0.05) is 12.5 Å². The monoisotopic (exact) mass is 389 g/mol. The molecule has 0 aliphatic carbocycles. The number of carboxylic acids is 1. The largest absolute Gasteiger partial charge is 0.481 e. The highest BCUT2D eigenvalue weighted by Crippen LogP contribution is 2.23. The lowest BCUT2D eigenvalue weighted by molar-refractivity contribution is -0.137. The Morgan fingerprint density at radius 3 is 2.37 bits per heavy atom. The highest BCUT2D eigenvalue weighted by atomic mass is 32.2. The zero-order chi connectivity index (χ0) is 19.7. The summed E-state index contributed by atoms with van der Waals surface area (Å²) in [7, 11) is -3.62. The molecule has 0 aliphatic heterocycles. The first-order valence-corrected chi connectivity index (χ1v) is 10.7. The second-order valence-corrected chi connectivity index (χ2v) is 8.46. The Bertz CT molecular complexity index is 834. The van der Waals surface area contributed by atoms with Crippen molar-refractivity contribution >= 4 is 16.0 Å². The van der Waals surface area contributed by atoms with Gasteiger partial charge in [0.05, 0.1) is 4.90 Å². The number of nitrogens with one attached hydrogen (secondary N) is 1. The second kappa shape index (κ2) is 10.2. The average Bonchev–Trinajstić information content (AvgIpc) is 2.64. The summed E-state index contributed by atoms with van der Waals surface area (Å²) in [6.45, 7) is 1.87. The van der Waals surface area contributed by atoms with Crippen molar-refractivity contribution < 1.29 is 18.3 Å². The number of carbonyl (C=O) groups is 1. The number of carboxylic acid groups (broad SMARTS) is 1. The summed E-state index contributed by atoms with van der Waals surface area (Å²) in [5.41, 5.74) is 1.83. The van der Waals surface area contributed by atoms with Gasteiger partial charge < -0.3 is 5.11 Å². The maximum Gasteiger partial charge on any atom is 0.303 e. The maximum absolute atomic E-state index is 12.8. The number of unbranched alkanes of at least 4 members (excludes halogenated alkanes) is 3. The van der Waals surface area contributed by atoms with Crippen LogP contribution in [0.2, 0.25) is 0 Å². The minimum Gasteiger partial charge on any atom is -0.481 e. The second-order valence-electron chi connectivity index (χ2n) is 6.75. The summed E-state index contributed by atoms with van der Waals surface area (Å²) in [6.07, 6.45) is 4.04. The Morgan fingerprint density at radius 2 is 1.70 bits per heavy atom. The van der Waals surface area contributed by atoms with Crippen LogP contribution < -0.4 is 4.72 Å². The van der Waals surface area contributed by atoms with Crippen LogP contribution in [0.15, 0.2) is 59.5 Å². The first kappa shape index (κ1) is 21.1. The Kier molecular flexibility index (Phi) is 8.00. The van der Waals surface area contributed by atoms with Gasteiger partial charge in [0.25, 0.3) is 0 Å². The van der Waals surface area contributed by atoms with Gasteiger partial charge in [0.2, 0.25) is 10.0 Å². The fraction of sp³-hybridized carbons (Fsp3) is 0.381. The van der Waals surface area contributed by atoms with E-state index in [-0.39, 0.29) is 17.4 Å². The molecule has 0 bridgehead atoms. The molecule has 0 aliphatic rings. The minimum atomic E-state index is -3.62. The number of hydrogen-bond donors (Lipinski definition) is 2. The predicted octanol–water partition coefficient (Wildman–Crippen LogP) is 4.44. The number of aliphatic carboxylic acids is 1. The molecule has 0 aromatic heterocycles. The van der Waals surface area contributed by atoms with E-state index in [1.165, 1.54) is 0 Å². The maximum atomic E-state index is 12.8. The van der Waals surface area contributed by atoms with Gasteiger partial charge in [-0.2, -0.15) is 0 Å². The quantitative estimate of drug-likeness (QED) is 0.557. The Morgan fingerprint density at radius 1 is 1.00 bits per heavy atom. The van der Waals surface area contributed by atoms with Crippen molar-refractivity contribution in [3.8, 4) is 0 Å². The number of aryl methyl sites for hydroxylation is 1. The van der Waals surface area contributed by atoms with E-state index >= 15 is 0 Å². The zero-order valence-corrected chi connectivity index (χ0v) is 16.4. The molecule has 2 aromatic carbocycles. The standard InChI is InChI=1S/C21H27NO4S/c1-17-10-9-13-19(16-17)27(25,26)22-20(18-11-5-4-6-12-18)14-7-2-3-8-15-21(23)24/h4-6,9-13,16,20,22H,2-3,7-8,14-15H2,1H3,(H,23,24). The molecule has 1 unspecified atom stereocenters. The molecule has 146 valence electrons. The van der Waals surface area contributed by atoms with E-state index in [9.17, 15) is 13.2 Å². The van der Waals surface area contributed by atoms with Gasteiger partial charge >= 0.3 is 5.97 Å². The summed E-state index contributed by atoms with van der Waals surface area (Å²) in [5, 5.41) is 8.69. The molecular weight excluding hydrogens is 362 g/mol. The molecule has 2 N–H and O–H groups in total. The third-order valence-electron chi connectivity index (χ3n) is 4.43. The highest BCUT2D eigenvalue weighted by Gasteiger charge is 2.21. The van der Waals surface area contributed by atoms with E-state index in [0.29, 0.717) is 12.8 Å². The van der Waals surface area contributed by atoms with Crippen molar-refractivity contribution in [1.29, 1.82) is 0 Å². The lowest BCUT2D eigenvalue weighted by atomic mass is 10.0. The van der Waals surface area contributed by atoms with Crippen molar-refractivity contribution in [2.45, 2.75) is 56.4 Å². The van der Waals surface area contributed by atoms with Gasteiger partial charge in [-0.3, -0.25) is 4.79 Å². The summed E-state index contributed by atoms with van der Waals surface area (Å²) >= 11 is 0. The van der Waals surface area contributed by atoms with Crippen LogP contribution in [0.4, 0.5) is 0 Å². The fourth-order valence-corrected chi connectivity index (χ4v) is 4.36. The smallest absolute Gasteiger partial charge is 0.303 e. The fourth-order valence-electron chi connectivity index (χ4n) is 3.00. The molecule has 1 atom stereocenters. The summed E-state index contributed by atoms with van der Waals surface area (Å²) in [6, 6.07) is 16.1. The third kappa shape index (κ3) is 7.15. The van der Waals surface area contributed by atoms with Crippen molar-refractivity contribution in [2.24, 2.45) is 0 Å². The molecule has 6 heteroatoms. The zero-order valence-electron chi connectivity index (χ0n) is 15.6. The first-order chi connectivity index (χ1) is 12.9. The van der Waals surface area contributed by atoms with E-state index in [1.807, 2.05) is 43.3 Å². The van der Waals surface area contributed by atoms with Crippen LogP contribution in [0.5, 0.6) is 0 Å². The topological polar surface area (TPSA) is 83.5 Å². The van der Waals surface area contributed by atoms with Gasteiger partial charge in [-0.25, -0.2) is 13.1 Å². The normalized spacial score (nSPS) is 12.6. The van der Waals surface area contributed by atoms with E-state index in [1.54, 1.807) is 18.2 Å². The molecule has 0 saturated heterocycles. The van der Waals surface area contributed by atoms with Crippen molar-refractivity contribution in [3.63, 3.8) is 0 Å². The van der Waals surface area contributed by atoms with Gasteiger partial charge in [-0.15, -0.1) is 0 Å². The molecule has 0 radical (unpaired) electrons. The van der Waals surface area contributed by atoms with Crippen LogP contribution in [0.3, 0.4) is 0 Å². The van der Waals surface area contributed by atoms with Crippen LogP contribution in [-0.4, -0.2) is 19.5 Å². The summed E-state index contributed by atoms with van der Waals surface area (Å²) in [4.78, 5) is 10.8. The average molecular weight is 390 g/mol. The van der Waals surface area contributed by atoms with Crippen LogP contribution in [0, 0.1) is 6.92 Å². The van der Waals surface area contributed by atoms with Crippen molar-refractivity contribution in [2.75, 3.05) is 0 Å². The number of sulfonamides is 1. The molecule has 0 fully saturated rings. The Labute approximate surface area is 161 Å². The van der Waals surface area contributed by atoms with Gasteiger partial charge in [0.1, 0.15) is 0 Å².